The molecule has 98 valence electrons. The van der Waals surface area contributed by atoms with Crippen LogP contribution in [0.3, 0.4) is 0 Å². The first-order chi connectivity index (χ1) is 7.75. The maximum absolute atomic E-state index is 11.4. The van der Waals surface area contributed by atoms with Crippen molar-refractivity contribution in [2.45, 2.75) is 38.0 Å². The molecule has 7 N–H and O–H groups in total. The summed E-state index contributed by atoms with van der Waals surface area (Å²) in [6.07, 6.45) is -1.38. The predicted molar refractivity (Wildman–Crippen MR) is 57.7 cm³/mol. The van der Waals surface area contributed by atoms with Gasteiger partial charge in [0.15, 0.2) is 0 Å². The SMILES string of the molecule is C[C@H](O)[C@@H](N)C(=O)N[C@@H](CCC(N)=O)C(=O)O. The lowest BCUT2D eigenvalue weighted by Crippen LogP contribution is -2.52. The molecule has 0 bridgehead atoms. The molecule has 0 aliphatic carbocycles. The second-order valence-corrected chi connectivity index (χ2v) is 3.67. The Bertz CT molecular complexity index is 305. The molecule has 0 spiro atoms. The molecule has 0 aromatic carbocycles. The van der Waals surface area contributed by atoms with Crippen LogP contribution in [-0.2, 0) is 14.4 Å². The van der Waals surface area contributed by atoms with Crippen molar-refractivity contribution >= 4 is 17.8 Å². The van der Waals surface area contributed by atoms with E-state index in [1.165, 1.54) is 6.92 Å². The third-order valence-corrected chi connectivity index (χ3v) is 2.12. The molecule has 0 aliphatic rings. The lowest BCUT2D eigenvalue weighted by molar-refractivity contribution is -0.142. The van der Waals surface area contributed by atoms with E-state index in [1.54, 1.807) is 0 Å². The van der Waals surface area contributed by atoms with Crippen molar-refractivity contribution in [2.24, 2.45) is 11.5 Å². The normalized spacial score (nSPS) is 15.7. The maximum Gasteiger partial charge on any atom is 0.326 e. The summed E-state index contributed by atoms with van der Waals surface area (Å²) in [5.74, 6) is -2.75. The molecule has 0 rings (SSSR count). The molecule has 0 saturated carbocycles. The minimum absolute atomic E-state index is 0.122. The van der Waals surface area contributed by atoms with Gasteiger partial charge in [0.05, 0.1) is 6.10 Å². The number of carboxylic acid groups (broad SMARTS) is 1. The average Bonchev–Trinajstić information content (AvgIpc) is 2.21. The number of primary amides is 1. The van der Waals surface area contributed by atoms with Crippen LogP contribution in [0.2, 0.25) is 0 Å². The van der Waals surface area contributed by atoms with Crippen molar-refractivity contribution in [3.8, 4) is 0 Å². The second kappa shape index (κ2) is 6.81. The average molecular weight is 247 g/mol. The molecule has 3 atom stereocenters. The molecule has 17 heavy (non-hydrogen) atoms. The third-order valence-electron chi connectivity index (χ3n) is 2.12. The van der Waals surface area contributed by atoms with Crippen LogP contribution < -0.4 is 16.8 Å². The van der Waals surface area contributed by atoms with Crippen LogP contribution in [0.4, 0.5) is 0 Å². The second-order valence-electron chi connectivity index (χ2n) is 3.67. The number of hydrogen-bond acceptors (Lipinski definition) is 5. The topological polar surface area (TPSA) is 156 Å². The summed E-state index contributed by atoms with van der Waals surface area (Å²) in [6.45, 7) is 1.31. The fourth-order valence-electron chi connectivity index (χ4n) is 1.03. The molecule has 8 nitrogen and oxygen atoms in total. The number of carbonyl (C=O) groups excluding carboxylic acids is 2. The number of rotatable bonds is 7. The molecular formula is C9H17N3O5. The maximum atomic E-state index is 11.4. The third kappa shape index (κ3) is 5.83. The number of hydrogen-bond donors (Lipinski definition) is 5. The Hall–Kier alpha value is -1.67. The van der Waals surface area contributed by atoms with Gasteiger partial charge in [-0.1, -0.05) is 0 Å². The summed E-state index contributed by atoms with van der Waals surface area (Å²) in [5, 5.41) is 20.0. The van der Waals surface area contributed by atoms with Gasteiger partial charge in [-0.3, -0.25) is 9.59 Å². The first kappa shape index (κ1) is 15.3. The number of aliphatic hydroxyl groups excluding tert-OH is 1. The summed E-state index contributed by atoms with van der Waals surface area (Å²) >= 11 is 0. The van der Waals surface area contributed by atoms with Gasteiger partial charge >= 0.3 is 5.97 Å². The van der Waals surface area contributed by atoms with E-state index in [2.05, 4.69) is 5.32 Å². The van der Waals surface area contributed by atoms with Crippen molar-refractivity contribution in [3.63, 3.8) is 0 Å². The highest BCUT2D eigenvalue weighted by Gasteiger charge is 2.25. The zero-order chi connectivity index (χ0) is 13.6. The van der Waals surface area contributed by atoms with Gasteiger partial charge in [-0.05, 0) is 13.3 Å². The van der Waals surface area contributed by atoms with Crippen molar-refractivity contribution in [1.29, 1.82) is 0 Å². The van der Waals surface area contributed by atoms with E-state index in [9.17, 15) is 14.4 Å². The van der Waals surface area contributed by atoms with Gasteiger partial charge in [-0.15, -0.1) is 0 Å². The number of carbonyl (C=O) groups is 3. The van der Waals surface area contributed by atoms with Gasteiger partial charge in [-0.25, -0.2) is 4.79 Å². The summed E-state index contributed by atoms with van der Waals surface area (Å²) in [6, 6.07) is -2.47. The highest BCUT2D eigenvalue weighted by Crippen LogP contribution is 1.99. The first-order valence-electron chi connectivity index (χ1n) is 5.00. The monoisotopic (exact) mass is 247 g/mol. The van der Waals surface area contributed by atoms with Crippen molar-refractivity contribution in [1.82, 2.24) is 5.32 Å². The van der Waals surface area contributed by atoms with Gasteiger partial charge in [-0.2, -0.15) is 0 Å². The molecule has 8 heteroatoms. The Morgan fingerprint density at radius 1 is 1.35 bits per heavy atom. The van der Waals surface area contributed by atoms with Crippen LogP contribution in [0.1, 0.15) is 19.8 Å². The van der Waals surface area contributed by atoms with E-state index in [0.717, 1.165) is 0 Å². The molecule has 0 heterocycles. The van der Waals surface area contributed by atoms with E-state index < -0.39 is 36.0 Å². The smallest absolute Gasteiger partial charge is 0.326 e. The Morgan fingerprint density at radius 2 is 1.88 bits per heavy atom. The first-order valence-corrected chi connectivity index (χ1v) is 5.00. The summed E-state index contributed by atoms with van der Waals surface area (Å²) in [4.78, 5) is 32.6. The summed E-state index contributed by atoms with van der Waals surface area (Å²) in [7, 11) is 0. The summed E-state index contributed by atoms with van der Waals surface area (Å²) < 4.78 is 0. The van der Waals surface area contributed by atoms with Crippen LogP contribution in [0.25, 0.3) is 0 Å². The number of amides is 2. The zero-order valence-corrected chi connectivity index (χ0v) is 9.42. The number of nitrogens with two attached hydrogens (primary N) is 2. The standard InChI is InChI=1S/C9H17N3O5/c1-4(13)7(11)8(15)12-5(9(16)17)2-3-6(10)14/h4-5,7,13H,2-3,11H2,1H3,(H2,10,14)(H,12,15)(H,16,17)/t4-,5-,7+/m0/s1. The number of aliphatic hydroxyl groups is 1. The molecule has 0 aliphatic heterocycles. The summed E-state index contributed by atoms with van der Waals surface area (Å²) in [5.41, 5.74) is 10.2. The van der Waals surface area contributed by atoms with Crippen LogP contribution in [0.5, 0.6) is 0 Å². The fraction of sp³-hybridized carbons (Fsp3) is 0.667. The predicted octanol–water partition coefficient (Wildman–Crippen LogP) is -2.47. The number of aliphatic carboxylic acids is 1. The van der Waals surface area contributed by atoms with E-state index in [-0.39, 0.29) is 12.8 Å². The van der Waals surface area contributed by atoms with Gasteiger partial charge < -0.3 is 27.0 Å². The van der Waals surface area contributed by atoms with Crippen LogP contribution >= 0.6 is 0 Å². The van der Waals surface area contributed by atoms with Crippen LogP contribution in [0.15, 0.2) is 0 Å². The quantitative estimate of drug-likeness (QED) is 0.335. The lowest BCUT2D eigenvalue weighted by Gasteiger charge is -2.18. The highest BCUT2D eigenvalue weighted by molar-refractivity contribution is 5.87. The van der Waals surface area contributed by atoms with Gasteiger partial charge in [0.25, 0.3) is 0 Å². The van der Waals surface area contributed by atoms with Crippen LogP contribution in [-0.4, -0.2) is 46.2 Å². The lowest BCUT2D eigenvalue weighted by atomic mass is 10.1. The molecule has 0 aromatic rings. The number of nitrogens with one attached hydrogen (secondary N) is 1. The van der Waals surface area contributed by atoms with Gasteiger partial charge in [0.2, 0.25) is 11.8 Å². The van der Waals surface area contributed by atoms with E-state index >= 15 is 0 Å². The van der Waals surface area contributed by atoms with E-state index in [1.807, 2.05) is 0 Å². The Morgan fingerprint density at radius 3 is 2.24 bits per heavy atom. The Kier molecular flexibility index (Phi) is 6.15. The van der Waals surface area contributed by atoms with Crippen molar-refractivity contribution < 1.29 is 24.6 Å². The molecule has 0 unspecified atom stereocenters. The van der Waals surface area contributed by atoms with Gasteiger partial charge in [0.1, 0.15) is 12.1 Å². The van der Waals surface area contributed by atoms with Crippen LogP contribution in [0, 0.1) is 0 Å². The van der Waals surface area contributed by atoms with Crippen molar-refractivity contribution in [2.75, 3.05) is 0 Å². The number of carboxylic acids is 1. The fourth-order valence-corrected chi connectivity index (χ4v) is 1.03. The Labute approximate surface area is 98.0 Å². The minimum atomic E-state index is -1.29. The molecule has 0 radical (unpaired) electrons. The zero-order valence-electron chi connectivity index (χ0n) is 9.42. The molecule has 0 aromatic heterocycles. The van der Waals surface area contributed by atoms with Gasteiger partial charge in [0, 0.05) is 6.42 Å². The molecular weight excluding hydrogens is 230 g/mol. The Balaban J connectivity index is 4.39. The van der Waals surface area contributed by atoms with E-state index in [0.29, 0.717) is 0 Å². The molecule has 0 fully saturated rings. The minimum Gasteiger partial charge on any atom is -0.480 e. The molecule has 0 saturated heterocycles. The molecule has 2 amide bonds. The largest absolute Gasteiger partial charge is 0.480 e. The highest BCUT2D eigenvalue weighted by atomic mass is 16.4. The van der Waals surface area contributed by atoms with Crippen molar-refractivity contribution in [3.05, 3.63) is 0 Å². The van der Waals surface area contributed by atoms with E-state index in [4.69, 9.17) is 21.7 Å².